The normalized spacial score (nSPS) is 18.0. The summed E-state index contributed by atoms with van der Waals surface area (Å²) in [5.41, 5.74) is 0.959. The van der Waals surface area contributed by atoms with E-state index in [1.165, 1.54) is 24.3 Å². The number of unbranched alkanes of at least 4 members (excludes halogenated alkanes) is 2. The van der Waals surface area contributed by atoms with E-state index in [2.05, 4.69) is 16.6 Å². The molecule has 0 saturated carbocycles. The van der Waals surface area contributed by atoms with Gasteiger partial charge in [0.05, 0.1) is 10.4 Å². The Kier molecular flexibility index (Phi) is 7.85. The Hall–Kier alpha value is -3.21. The molecule has 0 aromatic heterocycles. The summed E-state index contributed by atoms with van der Waals surface area (Å²) in [4.78, 5) is 10.6. The Balaban J connectivity index is 1.72. The summed E-state index contributed by atoms with van der Waals surface area (Å²) in [6.45, 7) is 1.65. The van der Waals surface area contributed by atoms with Crippen molar-refractivity contribution < 1.29 is 22.7 Å². The number of carbonyl (C=O) groups is 1. The fourth-order valence-electron chi connectivity index (χ4n) is 3.67. The molecule has 0 aliphatic heterocycles. The number of nitrogens with one attached hydrogen (secondary N) is 1. The second-order valence-electron chi connectivity index (χ2n) is 8.20. The molecule has 1 aliphatic carbocycles. The number of allylic oxidation sites excluding steroid dienone is 2. The molecule has 172 valence electrons. The number of carboxylic acid groups (broad SMARTS) is 1. The smallest absolute Gasteiger partial charge is 0.303 e. The molecule has 1 atom stereocenters. The summed E-state index contributed by atoms with van der Waals surface area (Å²) in [6, 6.07) is 15.6. The van der Waals surface area contributed by atoms with Gasteiger partial charge in [-0.05, 0) is 67.7 Å². The molecule has 0 spiro atoms. The van der Waals surface area contributed by atoms with Crippen LogP contribution < -0.4 is 4.72 Å². The quantitative estimate of drug-likeness (QED) is 0.420. The van der Waals surface area contributed by atoms with E-state index in [0.29, 0.717) is 36.8 Å². The molecule has 3 rings (SSSR count). The second-order valence-corrected chi connectivity index (χ2v) is 9.88. The molecule has 0 fully saturated rings. The van der Waals surface area contributed by atoms with Crippen LogP contribution >= 0.6 is 0 Å². The number of hydrogen-bond donors (Lipinski definition) is 2. The first kappa shape index (κ1) is 24.4. The Bertz CT molecular complexity index is 1240. The summed E-state index contributed by atoms with van der Waals surface area (Å²) in [5.74, 6) is 4.55. The third-order valence-corrected chi connectivity index (χ3v) is 6.77. The molecule has 0 radical (unpaired) electrons. The Labute approximate surface area is 194 Å². The lowest BCUT2D eigenvalue weighted by Crippen LogP contribution is -2.45. The monoisotopic (exact) mass is 467 g/mol. The van der Waals surface area contributed by atoms with Crippen molar-refractivity contribution >= 4 is 21.6 Å². The minimum atomic E-state index is -3.94. The molecule has 2 aromatic carbocycles. The molecule has 33 heavy (non-hydrogen) atoms. The Morgan fingerprint density at radius 3 is 2.64 bits per heavy atom. The van der Waals surface area contributed by atoms with Crippen LogP contribution in [0.15, 0.2) is 77.5 Å². The molecule has 1 unspecified atom stereocenters. The third-order valence-electron chi connectivity index (χ3n) is 5.16. The predicted molar refractivity (Wildman–Crippen MR) is 126 cm³/mol. The molecular formula is C26H26FNO4S. The van der Waals surface area contributed by atoms with E-state index < -0.39 is 27.4 Å². The van der Waals surface area contributed by atoms with E-state index in [1.54, 1.807) is 19.1 Å². The topological polar surface area (TPSA) is 83.5 Å². The van der Waals surface area contributed by atoms with Crippen molar-refractivity contribution in [3.63, 3.8) is 0 Å². The summed E-state index contributed by atoms with van der Waals surface area (Å²) < 4.78 is 43.3. The van der Waals surface area contributed by atoms with E-state index in [9.17, 15) is 17.6 Å². The minimum Gasteiger partial charge on any atom is -0.481 e. The highest BCUT2D eigenvalue weighted by Gasteiger charge is 2.33. The number of benzene rings is 2. The highest BCUT2D eigenvalue weighted by molar-refractivity contribution is 7.89. The molecule has 7 heteroatoms. The number of sulfonamides is 1. The van der Waals surface area contributed by atoms with Gasteiger partial charge >= 0.3 is 5.97 Å². The van der Waals surface area contributed by atoms with E-state index in [4.69, 9.17) is 5.11 Å². The molecule has 5 nitrogen and oxygen atoms in total. The van der Waals surface area contributed by atoms with Crippen LogP contribution in [0.5, 0.6) is 0 Å². The van der Waals surface area contributed by atoms with Gasteiger partial charge in [-0.1, -0.05) is 48.2 Å². The van der Waals surface area contributed by atoms with Crippen molar-refractivity contribution in [2.75, 3.05) is 0 Å². The van der Waals surface area contributed by atoms with Gasteiger partial charge in [-0.3, -0.25) is 4.79 Å². The van der Waals surface area contributed by atoms with Crippen molar-refractivity contribution in [2.24, 2.45) is 0 Å². The number of rotatable bonds is 8. The number of aliphatic carboxylic acids is 1. The van der Waals surface area contributed by atoms with Crippen LogP contribution in [0, 0.1) is 11.8 Å². The lowest BCUT2D eigenvalue weighted by atomic mass is 9.85. The van der Waals surface area contributed by atoms with Gasteiger partial charge in [-0.2, -0.15) is 0 Å². The highest BCUT2D eigenvalue weighted by Crippen LogP contribution is 2.34. The zero-order chi connectivity index (χ0) is 23.9. The van der Waals surface area contributed by atoms with E-state index >= 15 is 0 Å². The summed E-state index contributed by atoms with van der Waals surface area (Å²) >= 11 is 0. The maximum atomic E-state index is 14.4. The van der Waals surface area contributed by atoms with Crippen LogP contribution in [0.4, 0.5) is 4.39 Å². The first-order chi connectivity index (χ1) is 15.7. The average molecular weight is 468 g/mol. The minimum absolute atomic E-state index is 0.0472. The fraction of sp³-hybridized carbons (Fsp3) is 0.269. The van der Waals surface area contributed by atoms with Crippen molar-refractivity contribution in [2.45, 2.75) is 49.5 Å². The van der Waals surface area contributed by atoms with Crippen LogP contribution in [0.1, 0.15) is 50.2 Å². The molecule has 0 saturated heterocycles. The Morgan fingerprint density at radius 1 is 1.15 bits per heavy atom. The van der Waals surface area contributed by atoms with Crippen molar-refractivity contribution in [3.8, 4) is 11.8 Å². The molecule has 0 bridgehead atoms. The van der Waals surface area contributed by atoms with Gasteiger partial charge in [0.25, 0.3) is 0 Å². The van der Waals surface area contributed by atoms with Crippen LogP contribution in [0.25, 0.3) is 5.57 Å². The van der Waals surface area contributed by atoms with E-state index in [-0.39, 0.29) is 11.3 Å². The van der Waals surface area contributed by atoms with Gasteiger partial charge in [0.2, 0.25) is 10.0 Å². The first-order valence-electron chi connectivity index (χ1n) is 10.7. The summed E-state index contributed by atoms with van der Waals surface area (Å²) in [6.07, 6.45) is 4.86. The lowest BCUT2D eigenvalue weighted by molar-refractivity contribution is -0.137. The van der Waals surface area contributed by atoms with Crippen molar-refractivity contribution in [1.82, 2.24) is 4.72 Å². The fourth-order valence-corrected chi connectivity index (χ4v) is 5.08. The summed E-state index contributed by atoms with van der Waals surface area (Å²) in [5, 5.41) is 8.65. The van der Waals surface area contributed by atoms with Gasteiger partial charge < -0.3 is 5.11 Å². The van der Waals surface area contributed by atoms with Crippen molar-refractivity contribution in [1.29, 1.82) is 0 Å². The largest absolute Gasteiger partial charge is 0.481 e. The van der Waals surface area contributed by atoms with Gasteiger partial charge in [-0.15, -0.1) is 0 Å². The maximum Gasteiger partial charge on any atom is 0.303 e. The van der Waals surface area contributed by atoms with Crippen LogP contribution in [0.3, 0.4) is 0 Å². The van der Waals surface area contributed by atoms with Gasteiger partial charge in [0.1, 0.15) is 5.83 Å². The van der Waals surface area contributed by atoms with E-state index in [0.717, 1.165) is 5.56 Å². The average Bonchev–Trinajstić information content (AvgIpc) is 2.75. The SMILES string of the molecule is CC1(NS(=O)(=O)c2cccc(C#CCCCCC(=O)O)c2)C=C(F)C=C(c2ccccc2)C1. The lowest BCUT2D eigenvalue weighted by Gasteiger charge is -2.31. The third kappa shape index (κ3) is 7.14. The van der Waals surface area contributed by atoms with E-state index in [1.807, 2.05) is 30.3 Å². The molecule has 0 heterocycles. The number of hydrogen-bond acceptors (Lipinski definition) is 3. The molecular weight excluding hydrogens is 441 g/mol. The van der Waals surface area contributed by atoms with Gasteiger partial charge in [0.15, 0.2) is 0 Å². The highest BCUT2D eigenvalue weighted by atomic mass is 32.2. The molecule has 2 aromatic rings. The van der Waals surface area contributed by atoms with Crippen LogP contribution in [-0.4, -0.2) is 25.0 Å². The molecule has 1 aliphatic rings. The van der Waals surface area contributed by atoms with Gasteiger partial charge in [0, 0.05) is 18.4 Å². The number of carboxylic acids is 1. The standard InChI is InChI=1S/C26H26FNO4S/c1-26(18-22(17-23(27)19-26)21-12-6-4-7-13-21)28-33(31,32)24-14-9-11-20(16-24)10-5-2-3-8-15-25(29)30/h4,6-7,9,11-14,16-17,19,28H,2-3,8,15,18H2,1H3,(H,29,30). The van der Waals surface area contributed by atoms with Crippen molar-refractivity contribution in [3.05, 3.63) is 83.7 Å². The molecule has 0 amide bonds. The maximum absolute atomic E-state index is 14.4. The predicted octanol–water partition coefficient (Wildman–Crippen LogP) is 5.06. The van der Waals surface area contributed by atoms with Crippen LogP contribution in [0.2, 0.25) is 0 Å². The molecule has 2 N–H and O–H groups in total. The zero-order valence-electron chi connectivity index (χ0n) is 18.3. The van der Waals surface area contributed by atoms with Gasteiger partial charge in [-0.25, -0.2) is 17.5 Å². The zero-order valence-corrected chi connectivity index (χ0v) is 19.2. The second kappa shape index (κ2) is 10.6. The Morgan fingerprint density at radius 2 is 1.91 bits per heavy atom. The van der Waals surface area contributed by atoms with Crippen LogP contribution in [-0.2, 0) is 14.8 Å². The summed E-state index contributed by atoms with van der Waals surface area (Å²) in [7, 11) is -3.94. The number of halogens is 1. The first-order valence-corrected chi connectivity index (χ1v) is 12.1.